The second-order valence-corrected chi connectivity index (χ2v) is 2.97. The van der Waals surface area contributed by atoms with Crippen molar-refractivity contribution in [1.82, 2.24) is 14.8 Å². The highest BCUT2D eigenvalue weighted by Crippen LogP contribution is 2.18. The van der Waals surface area contributed by atoms with Crippen molar-refractivity contribution >= 4 is 0 Å². The number of aryl methyl sites for hydroxylation is 1. The Morgan fingerprint density at radius 2 is 1.93 bits per heavy atom. The Morgan fingerprint density at radius 3 is 2.43 bits per heavy atom. The van der Waals surface area contributed by atoms with Gasteiger partial charge in [-0.15, -0.1) is 0 Å². The number of hydrogen-bond acceptors (Lipinski definition) is 3. The summed E-state index contributed by atoms with van der Waals surface area (Å²) in [5.74, 6) is 1.57. The molecule has 14 heavy (non-hydrogen) atoms. The van der Waals surface area contributed by atoms with E-state index in [1.165, 1.54) is 0 Å². The van der Waals surface area contributed by atoms with E-state index in [4.69, 9.17) is 4.74 Å². The molecule has 0 amide bonds. The minimum absolute atomic E-state index is 0.732. The van der Waals surface area contributed by atoms with Crippen LogP contribution in [0.1, 0.15) is 0 Å². The Bertz CT molecular complexity index is 419. The average Bonchev–Trinajstić information content (AvgIpc) is 2.65. The van der Waals surface area contributed by atoms with Crippen molar-refractivity contribution in [2.24, 2.45) is 7.05 Å². The lowest BCUT2D eigenvalue weighted by Gasteiger charge is -1.99. The molecule has 2 rings (SSSR count). The highest BCUT2D eigenvalue weighted by molar-refractivity contribution is 5.55. The molecule has 4 nitrogen and oxygen atoms in total. The van der Waals surface area contributed by atoms with Crippen LogP contribution in [0, 0.1) is 0 Å². The highest BCUT2D eigenvalue weighted by Gasteiger charge is 2.01. The molecule has 0 bridgehead atoms. The Labute approximate surface area is 82.2 Å². The van der Waals surface area contributed by atoms with Crippen molar-refractivity contribution in [1.29, 1.82) is 0 Å². The van der Waals surface area contributed by atoms with E-state index in [0.29, 0.717) is 0 Å². The van der Waals surface area contributed by atoms with E-state index in [1.807, 2.05) is 31.3 Å². The van der Waals surface area contributed by atoms with Gasteiger partial charge in [0, 0.05) is 12.6 Å². The van der Waals surface area contributed by atoms with Crippen LogP contribution in [-0.4, -0.2) is 21.9 Å². The van der Waals surface area contributed by atoms with Crippen LogP contribution in [0.5, 0.6) is 5.75 Å². The van der Waals surface area contributed by atoms with E-state index >= 15 is 0 Å². The second-order valence-electron chi connectivity index (χ2n) is 2.97. The second kappa shape index (κ2) is 3.49. The van der Waals surface area contributed by atoms with Gasteiger partial charge in [0.15, 0.2) is 5.82 Å². The molecule has 1 aromatic heterocycles. The zero-order valence-electron chi connectivity index (χ0n) is 8.14. The zero-order chi connectivity index (χ0) is 9.97. The molecule has 4 heteroatoms. The third-order valence-corrected chi connectivity index (χ3v) is 1.95. The first kappa shape index (κ1) is 8.74. The van der Waals surface area contributed by atoms with Crippen molar-refractivity contribution in [3.8, 4) is 17.1 Å². The van der Waals surface area contributed by atoms with Gasteiger partial charge in [-0.3, -0.25) is 4.68 Å². The molecule has 0 fully saturated rings. The normalized spacial score (nSPS) is 10.1. The number of nitrogens with zero attached hydrogens (tertiary/aromatic N) is 3. The maximum Gasteiger partial charge on any atom is 0.181 e. The van der Waals surface area contributed by atoms with E-state index in [1.54, 1.807) is 18.1 Å². The maximum absolute atomic E-state index is 5.06. The van der Waals surface area contributed by atoms with Gasteiger partial charge in [-0.25, -0.2) is 4.98 Å². The fraction of sp³-hybridized carbons (Fsp3) is 0.200. The van der Waals surface area contributed by atoms with E-state index in [2.05, 4.69) is 10.1 Å². The van der Waals surface area contributed by atoms with Crippen LogP contribution < -0.4 is 4.74 Å². The van der Waals surface area contributed by atoms with Crippen LogP contribution in [0.4, 0.5) is 0 Å². The Morgan fingerprint density at radius 1 is 1.21 bits per heavy atom. The first-order valence-corrected chi connectivity index (χ1v) is 4.29. The Hall–Kier alpha value is -1.84. The van der Waals surface area contributed by atoms with E-state index < -0.39 is 0 Å². The maximum atomic E-state index is 5.06. The molecule has 0 saturated carbocycles. The lowest BCUT2D eigenvalue weighted by molar-refractivity contribution is 0.415. The van der Waals surface area contributed by atoms with E-state index in [9.17, 15) is 0 Å². The third kappa shape index (κ3) is 1.59. The summed E-state index contributed by atoms with van der Waals surface area (Å²) in [6, 6.07) is 7.67. The first-order chi connectivity index (χ1) is 6.79. The molecule has 0 atom stereocenters. The molecule has 0 aliphatic carbocycles. The van der Waals surface area contributed by atoms with Gasteiger partial charge in [-0.2, -0.15) is 5.10 Å². The summed E-state index contributed by atoms with van der Waals surface area (Å²) in [4.78, 5) is 4.15. The molecule has 1 aromatic carbocycles. The Kier molecular flexibility index (Phi) is 2.18. The van der Waals surface area contributed by atoms with Gasteiger partial charge in [0.2, 0.25) is 0 Å². The third-order valence-electron chi connectivity index (χ3n) is 1.95. The van der Waals surface area contributed by atoms with E-state index in [0.717, 1.165) is 17.1 Å². The summed E-state index contributed by atoms with van der Waals surface area (Å²) in [6.07, 6.45) is 1.68. The molecular formula is C10H11N3O. The Balaban J connectivity index is 2.33. The van der Waals surface area contributed by atoms with Crippen LogP contribution in [0.3, 0.4) is 0 Å². The molecule has 0 unspecified atom stereocenters. The predicted octanol–water partition coefficient (Wildman–Crippen LogP) is 1.49. The largest absolute Gasteiger partial charge is 0.497 e. The van der Waals surface area contributed by atoms with Crippen LogP contribution >= 0.6 is 0 Å². The lowest BCUT2D eigenvalue weighted by atomic mass is 10.2. The molecule has 1 heterocycles. The van der Waals surface area contributed by atoms with Gasteiger partial charge in [-0.05, 0) is 24.3 Å². The number of methoxy groups -OCH3 is 1. The number of ether oxygens (including phenoxy) is 1. The summed E-state index contributed by atoms with van der Waals surface area (Å²) >= 11 is 0. The number of rotatable bonds is 2. The first-order valence-electron chi connectivity index (χ1n) is 4.29. The van der Waals surface area contributed by atoms with Crippen molar-refractivity contribution in [2.45, 2.75) is 0 Å². The standard InChI is InChI=1S/C10H11N3O/c1-13-7-11-10(12-13)8-3-5-9(14-2)6-4-8/h3-7H,1-2H3. The summed E-state index contributed by atoms with van der Waals surface area (Å²) in [7, 11) is 3.49. The molecule has 0 spiro atoms. The smallest absolute Gasteiger partial charge is 0.181 e. The molecule has 0 aliphatic heterocycles. The fourth-order valence-corrected chi connectivity index (χ4v) is 1.21. The minimum atomic E-state index is 0.732. The topological polar surface area (TPSA) is 39.9 Å². The number of hydrogen-bond donors (Lipinski definition) is 0. The summed E-state index contributed by atoms with van der Waals surface area (Å²) < 4.78 is 6.74. The van der Waals surface area contributed by atoms with Crippen molar-refractivity contribution in [3.05, 3.63) is 30.6 Å². The van der Waals surface area contributed by atoms with Crippen LogP contribution in [0.15, 0.2) is 30.6 Å². The molecule has 2 aromatic rings. The van der Waals surface area contributed by atoms with Crippen LogP contribution in [0.2, 0.25) is 0 Å². The van der Waals surface area contributed by atoms with Crippen LogP contribution in [-0.2, 0) is 7.05 Å². The van der Waals surface area contributed by atoms with Gasteiger partial charge >= 0.3 is 0 Å². The number of aromatic nitrogens is 3. The number of benzene rings is 1. The molecule has 0 radical (unpaired) electrons. The molecular weight excluding hydrogens is 178 g/mol. The SMILES string of the molecule is COc1ccc(-c2ncn(C)n2)cc1. The molecule has 0 saturated heterocycles. The summed E-state index contributed by atoms with van der Waals surface area (Å²) in [6.45, 7) is 0. The molecule has 0 N–H and O–H groups in total. The minimum Gasteiger partial charge on any atom is -0.497 e. The fourth-order valence-electron chi connectivity index (χ4n) is 1.21. The van der Waals surface area contributed by atoms with Gasteiger partial charge in [0.1, 0.15) is 12.1 Å². The predicted molar refractivity (Wildman–Crippen MR) is 53.0 cm³/mol. The van der Waals surface area contributed by atoms with Gasteiger partial charge < -0.3 is 4.74 Å². The van der Waals surface area contributed by atoms with Crippen LogP contribution in [0.25, 0.3) is 11.4 Å². The van der Waals surface area contributed by atoms with Crippen molar-refractivity contribution < 1.29 is 4.74 Å². The molecule has 72 valence electrons. The average molecular weight is 189 g/mol. The summed E-state index contributed by atoms with van der Waals surface area (Å²) in [5, 5.41) is 4.20. The zero-order valence-corrected chi connectivity index (χ0v) is 8.14. The summed E-state index contributed by atoms with van der Waals surface area (Å²) in [5.41, 5.74) is 0.992. The quantitative estimate of drug-likeness (QED) is 0.718. The van der Waals surface area contributed by atoms with Gasteiger partial charge in [0.25, 0.3) is 0 Å². The van der Waals surface area contributed by atoms with Crippen molar-refractivity contribution in [2.75, 3.05) is 7.11 Å². The molecule has 0 aliphatic rings. The van der Waals surface area contributed by atoms with Gasteiger partial charge in [0.05, 0.1) is 7.11 Å². The lowest BCUT2D eigenvalue weighted by Crippen LogP contribution is -1.88. The highest BCUT2D eigenvalue weighted by atomic mass is 16.5. The monoisotopic (exact) mass is 189 g/mol. The van der Waals surface area contributed by atoms with Gasteiger partial charge in [-0.1, -0.05) is 0 Å². The van der Waals surface area contributed by atoms with E-state index in [-0.39, 0.29) is 0 Å². The van der Waals surface area contributed by atoms with Crippen molar-refractivity contribution in [3.63, 3.8) is 0 Å².